The molecule has 0 atom stereocenters. The third-order valence-corrected chi connectivity index (χ3v) is 3.73. The smallest absolute Gasteiger partial charge is 0.0962 e. The molecule has 0 aliphatic rings. The molecular weight excluding hydrogens is 346 g/mol. The molecule has 98 valence electrons. The Hall–Kier alpha value is -0.580. The molecule has 0 bridgehead atoms. The predicted octanol–water partition coefficient (Wildman–Crippen LogP) is 6.71. The maximum Gasteiger partial charge on any atom is 0.0962 e. The van der Waals surface area contributed by atoms with Crippen molar-refractivity contribution in [2.45, 2.75) is 0 Å². The van der Waals surface area contributed by atoms with E-state index in [9.17, 15) is 0 Å². The van der Waals surface area contributed by atoms with Crippen LogP contribution in [0.4, 0.5) is 11.4 Å². The first kappa shape index (κ1) is 14.8. The standard InChI is InChI=1S/C12H6Cl4N2S/c13-7-1-3-11(9(15)5-7)17-19-18-12-4-2-8(14)6-10(12)16/h1-6H. The molecule has 0 amide bonds. The van der Waals surface area contributed by atoms with Crippen LogP contribution < -0.4 is 0 Å². The van der Waals surface area contributed by atoms with Crippen LogP contribution >= 0.6 is 46.4 Å². The molecule has 0 unspecified atom stereocenters. The monoisotopic (exact) mass is 350 g/mol. The van der Waals surface area contributed by atoms with E-state index in [0.29, 0.717) is 31.5 Å². The van der Waals surface area contributed by atoms with Crippen molar-refractivity contribution in [2.24, 2.45) is 8.73 Å². The molecular formula is C12H6Cl4N2S. The van der Waals surface area contributed by atoms with Crippen molar-refractivity contribution in [1.82, 2.24) is 0 Å². The Bertz CT molecular complexity index is 626. The number of rotatable bonds is 2. The van der Waals surface area contributed by atoms with Crippen molar-refractivity contribution < 1.29 is 0 Å². The molecule has 0 N–H and O–H groups in total. The van der Waals surface area contributed by atoms with Crippen LogP contribution in [-0.4, -0.2) is 0 Å². The van der Waals surface area contributed by atoms with Gasteiger partial charge in [-0.15, -0.1) is 0 Å². The minimum absolute atomic E-state index is 0.470. The van der Waals surface area contributed by atoms with Gasteiger partial charge in [-0.3, -0.25) is 0 Å². The van der Waals surface area contributed by atoms with Crippen molar-refractivity contribution in [3.05, 3.63) is 56.5 Å². The van der Waals surface area contributed by atoms with Gasteiger partial charge in [0.05, 0.1) is 32.8 Å². The first-order chi connectivity index (χ1) is 9.06. The fourth-order valence-electron chi connectivity index (χ4n) is 1.22. The van der Waals surface area contributed by atoms with E-state index in [0.717, 1.165) is 11.4 Å². The van der Waals surface area contributed by atoms with Gasteiger partial charge in [0.2, 0.25) is 0 Å². The zero-order valence-corrected chi connectivity index (χ0v) is 13.1. The van der Waals surface area contributed by atoms with Crippen molar-refractivity contribution in [3.63, 3.8) is 0 Å². The Morgan fingerprint density at radius 2 is 1.11 bits per heavy atom. The van der Waals surface area contributed by atoms with Gasteiger partial charge in [-0.25, -0.2) is 0 Å². The summed E-state index contributed by atoms with van der Waals surface area (Å²) < 4.78 is 8.35. The lowest BCUT2D eigenvalue weighted by atomic mass is 10.3. The highest BCUT2D eigenvalue weighted by Gasteiger charge is 1.99. The summed E-state index contributed by atoms with van der Waals surface area (Å²) >= 11 is 24.6. The SMILES string of the molecule is Clc1ccc(N=S=Nc2ccc(Cl)cc2Cl)c(Cl)c1. The summed E-state index contributed by atoms with van der Waals surface area (Å²) in [6.45, 7) is 0. The Kier molecular flexibility index (Phi) is 5.25. The van der Waals surface area contributed by atoms with Crippen LogP contribution in [0.3, 0.4) is 0 Å². The molecule has 2 aromatic rings. The number of halogens is 4. The average Bonchev–Trinajstić information content (AvgIpc) is 2.34. The average molecular weight is 352 g/mol. The molecule has 0 saturated heterocycles. The predicted molar refractivity (Wildman–Crippen MR) is 84.5 cm³/mol. The summed E-state index contributed by atoms with van der Waals surface area (Å²) in [5, 5.41) is 2.06. The highest BCUT2D eigenvalue weighted by atomic mass is 35.5. The van der Waals surface area contributed by atoms with Crippen LogP contribution in [0.5, 0.6) is 0 Å². The molecule has 0 saturated carbocycles. The molecule has 19 heavy (non-hydrogen) atoms. The normalized spacial score (nSPS) is 10.1. The van der Waals surface area contributed by atoms with Crippen molar-refractivity contribution in [1.29, 1.82) is 0 Å². The Morgan fingerprint density at radius 3 is 1.47 bits per heavy atom. The molecule has 0 spiro atoms. The van der Waals surface area contributed by atoms with Crippen LogP contribution in [0.2, 0.25) is 20.1 Å². The van der Waals surface area contributed by atoms with Gasteiger partial charge in [-0.05, 0) is 36.4 Å². The quantitative estimate of drug-likeness (QED) is 0.574. The lowest BCUT2D eigenvalue weighted by molar-refractivity contribution is 1.54. The van der Waals surface area contributed by atoms with Crippen LogP contribution in [0.1, 0.15) is 0 Å². The summed E-state index contributed by atoms with van der Waals surface area (Å²) in [4.78, 5) is 0. The second-order valence-electron chi connectivity index (χ2n) is 3.46. The second kappa shape index (κ2) is 6.73. The summed E-state index contributed by atoms with van der Waals surface area (Å²) in [6.07, 6.45) is 0. The topological polar surface area (TPSA) is 24.7 Å². The first-order valence-electron chi connectivity index (χ1n) is 5.04. The van der Waals surface area contributed by atoms with Gasteiger partial charge in [0.15, 0.2) is 0 Å². The van der Waals surface area contributed by atoms with E-state index in [-0.39, 0.29) is 0 Å². The third kappa shape index (κ3) is 4.20. The number of benzene rings is 2. The minimum atomic E-state index is 0.470. The highest BCUT2D eigenvalue weighted by molar-refractivity contribution is 7.57. The maximum atomic E-state index is 5.99. The summed E-state index contributed by atoms with van der Waals surface area (Å²) in [5.74, 6) is 0. The highest BCUT2D eigenvalue weighted by Crippen LogP contribution is 2.29. The Labute approximate surface area is 134 Å². The number of hydrogen-bond acceptors (Lipinski definition) is 2. The van der Waals surface area contributed by atoms with E-state index in [1.54, 1.807) is 36.4 Å². The van der Waals surface area contributed by atoms with Gasteiger partial charge in [0, 0.05) is 10.0 Å². The van der Waals surface area contributed by atoms with Gasteiger partial charge in [-0.1, -0.05) is 46.4 Å². The molecule has 0 radical (unpaired) electrons. The van der Waals surface area contributed by atoms with Crippen molar-refractivity contribution >= 4 is 69.1 Å². The van der Waals surface area contributed by atoms with Crippen LogP contribution in [0.25, 0.3) is 0 Å². The third-order valence-electron chi connectivity index (χ3n) is 2.10. The molecule has 0 aliphatic heterocycles. The van der Waals surface area contributed by atoms with E-state index in [1.807, 2.05) is 0 Å². The van der Waals surface area contributed by atoms with Crippen LogP contribution in [0, 0.1) is 0 Å². The van der Waals surface area contributed by atoms with Gasteiger partial charge in [0.1, 0.15) is 0 Å². The molecule has 0 aliphatic carbocycles. The largest absolute Gasteiger partial charge is 0.174 e. The van der Waals surface area contributed by atoms with Crippen molar-refractivity contribution in [3.8, 4) is 0 Å². The Morgan fingerprint density at radius 1 is 0.684 bits per heavy atom. The maximum absolute atomic E-state index is 5.99. The van der Waals surface area contributed by atoms with E-state index < -0.39 is 0 Å². The molecule has 7 heteroatoms. The van der Waals surface area contributed by atoms with Gasteiger partial charge in [0.25, 0.3) is 0 Å². The molecule has 2 aromatic carbocycles. The van der Waals surface area contributed by atoms with Gasteiger partial charge in [-0.2, -0.15) is 8.73 Å². The van der Waals surface area contributed by atoms with Crippen LogP contribution in [0.15, 0.2) is 45.1 Å². The summed E-state index contributed by atoms with van der Waals surface area (Å²) in [6, 6.07) is 10.1. The van der Waals surface area contributed by atoms with E-state index >= 15 is 0 Å². The molecule has 0 heterocycles. The Balaban J connectivity index is 2.29. The lowest BCUT2D eigenvalue weighted by Crippen LogP contribution is -1.69. The second-order valence-corrected chi connectivity index (χ2v) is 5.67. The first-order valence-corrected chi connectivity index (χ1v) is 7.29. The van der Waals surface area contributed by atoms with E-state index in [4.69, 9.17) is 46.4 Å². The lowest BCUT2D eigenvalue weighted by Gasteiger charge is -1.96. The molecule has 0 aromatic heterocycles. The van der Waals surface area contributed by atoms with E-state index in [1.165, 1.54) is 0 Å². The summed E-state index contributed by atoms with van der Waals surface area (Å²) in [5.41, 5.74) is 1.20. The van der Waals surface area contributed by atoms with Crippen LogP contribution in [-0.2, 0) is 11.4 Å². The van der Waals surface area contributed by atoms with Gasteiger partial charge >= 0.3 is 0 Å². The minimum Gasteiger partial charge on any atom is -0.174 e. The van der Waals surface area contributed by atoms with Crippen molar-refractivity contribution in [2.75, 3.05) is 0 Å². The zero-order chi connectivity index (χ0) is 13.8. The van der Waals surface area contributed by atoms with Gasteiger partial charge < -0.3 is 0 Å². The fourth-order valence-corrected chi connectivity index (χ4v) is 2.76. The zero-order valence-electron chi connectivity index (χ0n) is 9.28. The number of hydrogen-bond donors (Lipinski definition) is 0. The number of nitrogens with zero attached hydrogens (tertiary/aromatic N) is 2. The fraction of sp³-hybridized carbons (Fsp3) is 0. The molecule has 2 rings (SSSR count). The summed E-state index contributed by atoms with van der Waals surface area (Å²) in [7, 11) is 0. The molecule has 0 fully saturated rings. The van der Waals surface area contributed by atoms with E-state index in [2.05, 4.69) is 8.73 Å². The molecule has 2 nitrogen and oxygen atoms in total.